The van der Waals surface area contributed by atoms with Crippen molar-refractivity contribution in [2.45, 2.75) is 32.6 Å². The number of nitrogens with zero attached hydrogens (tertiary/aromatic N) is 2. The third-order valence-electron chi connectivity index (χ3n) is 3.37. The number of ether oxygens (including phenoxy) is 1. The van der Waals surface area contributed by atoms with Crippen LogP contribution in [-0.2, 0) is 19.1 Å². The Labute approximate surface area is 139 Å². The number of nitrogens with one attached hydrogen (secondary N) is 4. The second-order valence-electron chi connectivity index (χ2n) is 5.56. The lowest BCUT2D eigenvalue weighted by Gasteiger charge is -2.30. The molecule has 0 spiro atoms. The van der Waals surface area contributed by atoms with E-state index in [0.717, 1.165) is 0 Å². The Morgan fingerprint density at radius 2 is 2.21 bits per heavy atom. The van der Waals surface area contributed by atoms with Gasteiger partial charge in [0, 0.05) is 32.2 Å². The van der Waals surface area contributed by atoms with E-state index in [1.54, 1.807) is 13.0 Å². The van der Waals surface area contributed by atoms with Crippen LogP contribution in [0.4, 0.5) is 5.82 Å². The minimum atomic E-state index is -0.817. The van der Waals surface area contributed by atoms with Crippen LogP contribution in [0.25, 0.3) is 0 Å². The zero-order valence-corrected chi connectivity index (χ0v) is 13.9. The van der Waals surface area contributed by atoms with Gasteiger partial charge in [0.05, 0.1) is 12.3 Å². The third kappa shape index (κ3) is 4.52. The van der Waals surface area contributed by atoms with E-state index in [2.05, 4.69) is 26.4 Å². The van der Waals surface area contributed by atoms with Crippen molar-refractivity contribution < 1.29 is 19.1 Å². The highest BCUT2D eigenvalue weighted by atomic mass is 16.5. The second-order valence-corrected chi connectivity index (χ2v) is 5.56. The zero-order valence-electron chi connectivity index (χ0n) is 13.9. The van der Waals surface area contributed by atoms with E-state index in [4.69, 9.17) is 4.74 Å². The lowest BCUT2D eigenvalue weighted by atomic mass is 10.2. The van der Waals surface area contributed by atoms with E-state index < -0.39 is 18.1 Å². The fraction of sp³-hybridized carbons (Fsp3) is 0.571. The first-order chi connectivity index (χ1) is 11.4. The number of hydrogen-bond acceptors (Lipinski definition) is 6. The van der Waals surface area contributed by atoms with E-state index in [1.165, 1.54) is 11.8 Å². The summed E-state index contributed by atoms with van der Waals surface area (Å²) in [4.78, 5) is 35.4. The van der Waals surface area contributed by atoms with Crippen LogP contribution >= 0.6 is 0 Å². The molecule has 0 aromatic carbocycles. The van der Waals surface area contributed by atoms with Gasteiger partial charge in [0.15, 0.2) is 6.29 Å². The van der Waals surface area contributed by atoms with Crippen LogP contribution in [0.5, 0.6) is 0 Å². The molecule has 0 saturated carbocycles. The van der Waals surface area contributed by atoms with Crippen molar-refractivity contribution in [2.75, 3.05) is 25.6 Å². The molecule has 1 aromatic rings. The van der Waals surface area contributed by atoms with Gasteiger partial charge in [0.2, 0.25) is 5.91 Å². The highest BCUT2D eigenvalue weighted by molar-refractivity contribution is 6.39. The molecule has 4 N–H and O–H groups in total. The maximum atomic E-state index is 12.0. The van der Waals surface area contributed by atoms with Crippen LogP contribution in [-0.4, -0.2) is 53.8 Å². The number of carbonyl (C=O) groups is 3. The average molecular weight is 338 g/mol. The SMILES string of the molecule is COCCNC(=O)C(=O)Nc1cc(C)nn1C1NC(=O)CC(C)N1. The number of aryl methyl sites for hydroxylation is 1. The van der Waals surface area contributed by atoms with Crippen molar-refractivity contribution >= 4 is 23.5 Å². The number of amides is 3. The molecule has 1 fully saturated rings. The number of carbonyl (C=O) groups excluding carboxylic acids is 3. The molecule has 2 atom stereocenters. The normalized spacial score (nSPS) is 20.4. The van der Waals surface area contributed by atoms with Crippen LogP contribution in [0.15, 0.2) is 6.07 Å². The van der Waals surface area contributed by atoms with Gasteiger partial charge in [0.25, 0.3) is 0 Å². The molecular formula is C14H22N6O4. The molecule has 1 aromatic heterocycles. The molecule has 0 aliphatic carbocycles. The predicted molar refractivity (Wildman–Crippen MR) is 84.9 cm³/mol. The molecule has 0 radical (unpaired) electrons. The lowest BCUT2D eigenvalue weighted by Crippen LogP contribution is -2.52. The molecule has 2 rings (SSSR count). The molecule has 2 unspecified atom stereocenters. The lowest BCUT2D eigenvalue weighted by molar-refractivity contribution is -0.136. The Bertz CT molecular complexity index is 629. The highest BCUT2D eigenvalue weighted by Gasteiger charge is 2.27. The smallest absolute Gasteiger partial charge is 0.314 e. The maximum absolute atomic E-state index is 12.0. The van der Waals surface area contributed by atoms with Crippen LogP contribution < -0.4 is 21.3 Å². The van der Waals surface area contributed by atoms with Crippen LogP contribution in [0.2, 0.25) is 0 Å². The van der Waals surface area contributed by atoms with E-state index >= 15 is 0 Å². The molecule has 10 nitrogen and oxygen atoms in total. The summed E-state index contributed by atoms with van der Waals surface area (Å²) >= 11 is 0. The predicted octanol–water partition coefficient (Wildman–Crippen LogP) is -1.15. The Morgan fingerprint density at radius 3 is 2.88 bits per heavy atom. The number of rotatable bonds is 5. The number of anilines is 1. The van der Waals surface area contributed by atoms with Gasteiger partial charge in [0.1, 0.15) is 5.82 Å². The van der Waals surface area contributed by atoms with Gasteiger partial charge in [-0.15, -0.1) is 0 Å². The summed E-state index contributed by atoms with van der Waals surface area (Å²) in [6.45, 7) is 4.17. The first-order valence-corrected chi connectivity index (χ1v) is 7.60. The Kier molecular flexibility index (Phi) is 5.88. The van der Waals surface area contributed by atoms with E-state index in [1.807, 2.05) is 6.92 Å². The summed E-state index contributed by atoms with van der Waals surface area (Å²) in [7, 11) is 1.50. The van der Waals surface area contributed by atoms with Gasteiger partial charge in [-0.3, -0.25) is 19.7 Å². The van der Waals surface area contributed by atoms with E-state index in [0.29, 0.717) is 24.5 Å². The van der Waals surface area contributed by atoms with Gasteiger partial charge in [-0.25, -0.2) is 4.68 Å². The van der Waals surface area contributed by atoms with Gasteiger partial charge in [-0.05, 0) is 13.8 Å². The molecular weight excluding hydrogens is 316 g/mol. The fourth-order valence-electron chi connectivity index (χ4n) is 2.32. The summed E-state index contributed by atoms with van der Waals surface area (Å²) < 4.78 is 6.24. The van der Waals surface area contributed by atoms with Crippen molar-refractivity contribution in [1.82, 2.24) is 25.7 Å². The summed E-state index contributed by atoms with van der Waals surface area (Å²) in [6.07, 6.45) is -0.234. The molecule has 0 bridgehead atoms. The molecule has 3 amide bonds. The fourth-order valence-corrected chi connectivity index (χ4v) is 2.32. The molecule has 24 heavy (non-hydrogen) atoms. The largest absolute Gasteiger partial charge is 0.383 e. The molecule has 1 aliphatic heterocycles. The molecule has 1 aliphatic rings. The maximum Gasteiger partial charge on any atom is 0.314 e. The van der Waals surface area contributed by atoms with Gasteiger partial charge in [-0.2, -0.15) is 5.10 Å². The van der Waals surface area contributed by atoms with E-state index in [-0.39, 0.29) is 18.5 Å². The molecule has 2 heterocycles. The summed E-state index contributed by atoms with van der Waals surface area (Å²) in [5.74, 6) is -1.39. The quantitative estimate of drug-likeness (QED) is 0.397. The standard InChI is InChI=1S/C14H22N6O4/c1-8-7-11(21)18-14(16-8)20-10(6-9(2)19-20)17-13(23)12(22)15-4-5-24-3/h6,8,14,16H,4-5,7H2,1-3H3,(H,15,22)(H,17,23)(H,18,21). The molecule has 1 saturated heterocycles. The van der Waals surface area contributed by atoms with Crippen molar-refractivity contribution in [2.24, 2.45) is 0 Å². The van der Waals surface area contributed by atoms with Crippen molar-refractivity contribution in [3.63, 3.8) is 0 Å². The Morgan fingerprint density at radius 1 is 1.46 bits per heavy atom. The zero-order chi connectivity index (χ0) is 17.7. The number of methoxy groups -OCH3 is 1. The van der Waals surface area contributed by atoms with Crippen molar-refractivity contribution in [3.05, 3.63) is 11.8 Å². The number of aromatic nitrogens is 2. The van der Waals surface area contributed by atoms with Gasteiger partial charge >= 0.3 is 11.8 Å². The summed E-state index contributed by atoms with van der Waals surface area (Å²) in [5, 5.41) is 15.1. The second kappa shape index (κ2) is 7.88. The van der Waals surface area contributed by atoms with Gasteiger partial charge in [-0.1, -0.05) is 0 Å². The minimum Gasteiger partial charge on any atom is -0.383 e. The Hall–Kier alpha value is -2.46. The van der Waals surface area contributed by atoms with Crippen LogP contribution in [0, 0.1) is 6.92 Å². The molecule has 10 heteroatoms. The topological polar surface area (TPSA) is 126 Å². The minimum absolute atomic E-state index is 0.0332. The summed E-state index contributed by atoms with van der Waals surface area (Å²) in [5.41, 5.74) is 0.638. The first kappa shape index (κ1) is 17.9. The van der Waals surface area contributed by atoms with Crippen molar-refractivity contribution in [3.8, 4) is 0 Å². The highest BCUT2D eigenvalue weighted by Crippen LogP contribution is 2.17. The monoisotopic (exact) mass is 338 g/mol. The van der Waals surface area contributed by atoms with Gasteiger partial charge < -0.3 is 20.7 Å². The Balaban J connectivity index is 2.07. The molecule has 132 valence electrons. The third-order valence-corrected chi connectivity index (χ3v) is 3.37. The average Bonchev–Trinajstić information content (AvgIpc) is 2.87. The van der Waals surface area contributed by atoms with Crippen molar-refractivity contribution in [1.29, 1.82) is 0 Å². The van der Waals surface area contributed by atoms with Crippen LogP contribution in [0.1, 0.15) is 25.3 Å². The number of hydrogen-bond donors (Lipinski definition) is 4. The van der Waals surface area contributed by atoms with E-state index in [9.17, 15) is 14.4 Å². The summed E-state index contributed by atoms with van der Waals surface area (Å²) in [6, 6.07) is 1.59. The van der Waals surface area contributed by atoms with Crippen LogP contribution in [0.3, 0.4) is 0 Å². The first-order valence-electron chi connectivity index (χ1n) is 7.60.